The van der Waals surface area contributed by atoms with Crippen molar-refractivity contribution in [3.05, 3.63) is 64.9 Å². The van der Waals surface area contributed by atoms with Crippen LogP contribution < -0.4 is 0 Å². The molecule has 0 atom stereocenters. The van der Waals surface area contributed by atoms with Crippen molar-refractivity contribution in [1.82, 2.24) is 4.98 Å². The molecule has 1 aromatic carbocycles. The van der Waals surface area contributed by atoms with Crippen molar-refractivity contribution < 1.29 is 0 Å². The zero-order chi connectivity index (χ0) is 10.5. The lowest BCUT2D eigenvalue weighted by Crippen LogP contribution is -1.79. The van der Waals surface area contributed by atoms with Gasteiger partial charge in [0, 0.05) is 0 Å². The number of pyridine rings is 1. The molecule has 1 heterocycles. The number of rotatable bonds is 2. The molecule has 0 bridgehead atoms. The lowest BCUT2D eigenvalue weighted by molar-refractivity contribution is 1.30. The summed E-state index contributed by atoms with van der Waals surface area (Å²) in [4.78, 5) is 4.17. The first-order chi connectivity index (χ1) is 7.34. The highest BCUT2D eigenvalue weighted by molar-refractivity contribution is 6.29. The Morgan fingerprint density at radius 1 is 0.867 bits per heavy atom. The van der Waals surface area contributed by atoms with Crippen molar-refractivity contribution in [2.75, 3.05) is 0 Å². The van der Waals surface area contributed by atoms with Crippen LogP contribution >= 0.6 is 11.6 Å². The average Bonchev–Trinajstić information content (AvgIpc) is 2.28. The number of nitrogens with zero attached hydrogens (tertiary/aromatic N) is 1. The van der Waals surface area contributed by atoms with Gasteiger partial charge in [0.15, 0.2) is 0 Å². The molecule has 0 saturated carbocycles. The van der Waals surface area contributed by atoms with Crippen LogP contribution in [-0.4, -0.2) is 4.98 Å². The predicted molar refractivity (Wildman–Crippen MR) is 64.6 cm³/mol. The highest BCUT2D eigenvalue weighted by Crippen LogP contribution is 2.09. The number of aromatic nitrogens is 1. The number of halogens is 1. The second-order valence-corrected chi connectivity index (χ2v) is 3.52. The largest absolute Gasteiger partial charge is 0.237 e. The molecule has 0 amide bonds. The fraction of sp³-hybridized carbons (Fsp3) is 0. The molecule has 15 heavy (non-hydrogen) atoms. The molecule has 0 N–H and O–H groups in total. The SMILES string of the molecule is Clc1cccc(C=Cc2ccccc2)n1. The third-order valence-corrected chi connectivity index (χ3v) is 2.19. The quantitative estimate of drug-likeness (QED) is 0.693. The smallest absolute Gasteiger partial charge is 0.129 e. The Bertz CT molecular complexity index is 463. The number of benzene rings is 1. The highest BCUT2D eigenvalue weighted by Gasteiger charge is 1.90. The van der Waals surface area contributed by atoms with Crippen LogP contribution in [0.15, 0.2) is 48.5 Å². The Hall–Kier alpha value is -1.60. The zero-order valence-corrected chi connectivity index (χ0v) is 8.85. The van der Waals surface area contributed by atoms with Gasteiger partial charge in [0.1, 0.15) is 5.15 Å². The third kappa shape index (κ3) is 2.93. The van der Waals surface area contributed by atoms with E-state index in [0.29, 0.717) is 5.15 Å². The van der Waals surface area contributed by atoms with Crippen LogP contribution in [0.1, 0.15) is 11.3 Å². The van der Waals surface area contributed by atoms with E-state index in [0.717, 1.165) is 11.3 Å². The molecular formula is C13H10ClN. The van der Waals surface area contributed by atoms with Crippen LogP contribution in [0, 0.1) is 0 Å². The first-order valence-corrected chi connectivity index (χ1v) is 5.08. The average molecular weight is 216 g/mol. The molecule has 0 aliphatic rings. The van der Waals surface area contributed by atoms with Crippen LogP contribution in [0.2, 0.25) is 5.15 Å². The minimum Gasteiger partial charge on any atom is -0.237 e. The topological polar surface area (TPSA) is 12.9 Å². The van der Waals surface area contributed by atoms with Crippen LogP contribution in [0.4, 0.5) is 0 Å². The van der Waals surface area contributed by atoms with E-state index in [9.17, 15) is 0 Å². The van der Waals surface area contributed by atoms with Gasteiger partial charge in [0.25, 0.3) is 0 Å². The summed E-state index contributed by atoms with van der Waals surface area (Å²) in [5, 5.41) is 0.519. The van der Waals surface area contributed by atoms with E-state index in [4.69, 9.17) is 11.6 Å². The number of hydrogen-bond donors (Lipinski definition) is 0. The summed E-state index contributed by atoms with van der Waals surface area (Å²) in [6.45, 7) is 0. The maximum atomic E-state index is 5.78. The molecule has 0 radical (unpaired) electrons. The van der Waals surface area contributed by atoms with Crippen molar-refractivity contribution in [1.29, 1.82) is 0 Å². The normalized spacial score (nSPS) is 10.7. The Labute approximate surface area is 94.1 Å². The van der Waals surface area contributed by atoms with Gasteiger partial charge in [-0.2, -0.15) is 0 Å². The van der Waals surface area contributed by atoms with Crippen molar-refractivity contribution in [2.24, 2.45) is 0 Å². The van der Waals surface area contributed by atoms with Crippen LogP contribution in [0.3, 0.4) is 0 Å². The molecule has 0 saturated heterocycles. The summed E-state index contributed by atoms with van der Waals surface area (Å²) >= 11 is 5.78. The van der Waals surface area contributed by atoms with Gasteiger partial charge < -0.3 is 0 Å². The molecule has 74 valence electrons. The molecule has 0 fully saturated rings. The minimum absolute atomic E-state index is 0.519. The minimum atomic E-state index is 0.519. The van der Waals surface area contributed by atoms with Gasteiger partial charge in [0.2, 0.25) is 0 Å². The van der Waals surface area contributed by atoms with Gasteiger partial charge in [-0.05, 0) is 23.8 Å². The van der Waals surface area contributed by atoms with E-state index in [1.807, 2.05) is 54.6 Å². The van der Waals surface area contributed by atoms with E-state index in [1.165, 1.54) is 0 Å². The van der Waals surface area contributed by atoms with Crippen molar-refractivity contribution in [3.8, 4) is 0 Å². The van der Waals surface area contributed by atoms with Crippen LogP contribution in [0.5, 0.6) is 0 Å². The van der Waals surface area contributed by atoms with E-state index < -0.39 is 0 Å². The maximum absolute atomic E-state index is 5.78. The van der Waals surface area contributed by atoms with Gasteiger partial charge in [0.05, 0.1) is 5.69 Å². The summed E-state index contributed by atoms with van der Waals surface area (Å²) in [6.07, 6.45) is 3.96. The van der Waals surface area contributed by atoms with E-state index in [1.54, 1.807) is 6.07 Å². The van der Waals surface area contributed by atoms with Gasteiger partial charge in [-0.1, -0.05) is 54.1 Å². The fourth-order valence-electron chi connectivity index (χ4n) is 1.26. The molecule has 0 aliphatic heterocycles. The number of hydrogen-bond acceptors (Lipinski definition) is 1. The van der Waals surface area contributed by atoms with Gasteiger partial charge >= 0.3 is 0 Å². The molecule has 1 aromatic heterocycles. The summed E-state index contributed by atoms with van der Waals surface area (Å²) in [5.74, 6) is 0. The van der Waals surface area contributed by atoms with E-state index >= 15 is 0 Å². The molecule has 2 aromatic rings. The standard InChI is InChI=1S/C13H10ClN/c14-13-8-4-7-12(15-13)10-9-11-5-2-1-3-6-11/h1-10H. The molecule has 1 nitrogen and oxygen atoms in total. The Kier molecular flexibility index (Phi) is 3.15. The maximum Gasteiger partial charge on any atom is 0.129 e. The first-order valence-electron chi connectivity index (χ1n) is 4.70. The second-order valence-electron chi connectivity index (χ2n) is 3.13. The monoisotopic (exact) mass is 215 g/mol. The molecule has 2 heteroatoms. The van der Waals surface area contributed by atoms with E-state index in [2.05, 4.69) is 4.98 Å². The van der Waals surface area contributed by atoms with Crippen LogP contribution in [0.25, 0.3) is 12.2 Å². The summed E-state index contributed by atoms with van der Waals surface area (Å²) in [6, 6.07) is 15.7. The highest BCUT2D eigenvalue weighted by atomic mass is 35.5. The van der Waals surface area contributed by atoms with Crippen molar-refractivity contribution in [3.63, 3.8) is 0 Å². The lowest BCUT2D eigenvalue weighted by Gasteiger charge is -1.94. The molecule has 2 rings (SSSR count). The Balaban J connectivity index is 2.19. The lowest BCUT2D eigenvalue weighted by atomic mass is 10.2. The molecule has 0 spiro atoms. The van der Waals surface area contributed by atoms with Gasteiger partial charge in [-0.3, -0.25) is 0 Å². The first kappa shape index (κ1) is 9.94. The second kappa shape index (κ2) is 4.76. The Morgan fingerprint density at radius 2 is 1.67 bits per heavy atom. The van der Waals surface area contributed by atoms with E-state index in [-0.39, 0.29) is 0 Å². The fourth-order valence-corrected chi connectivity index (χ4v) is 1.43. The molecule has 0 unspecified atom stereocenters. The van der Waals surface area contributed by atoms with Gasteiger partial charge in [-0.15, -0.1) is 0 Å². The molecular weight excluding hydrogens is 206 g/mol. The summed E-state index contributed by atoms with van der Waals surface area (Å²) < 4.78 is 0. The summed E-state index contributed by atoms with van der Waals surface area (Å²) in [5.41, 5.74) is 2.02. The van der Waals surface area contributed by atoms with Gasteiger partial charge in [-0.25, -0.2) is 4.98 Å². The van der Waals surface area contributed by atoms with Crippen molar-refractivity contribution in [2.45, 2.75) is 0 Å². The zero-order valence-electron chi connectivity index (χ0n) is 8.10. The third-order valence-electron chi connectivity index (χ3n) is 1.98. The molecule has 0 aliphatic carbocycles. The van der Waals surface area contributed by atoms with Crippen molar-refractivity contribution >= 4 is 23.8 Å². The van der Waals surface area contributed by atoms with Crippen LogP contribution in [-0.2, 0) is 0 Å². The Morgan fingerprint density at radius 3 is 2.40 bits per heavy atom. The summed E-state index contributed by atoms with van der Waals surface area (Å²) in [7, 11) is 0. The predicted octanol–water partition coefficient (Wildman–Crippen LogP) is 3.91.